The summed E-state index contributed by atoms with van der Waals surface area (Å²) in [6.45, 7) is 4.81. The van der Waals surface area contributed by atoms with E-state index in [1.165, 1.54) is 23.9 Å². The van der Waals surface area contributed by atoms with Gasteiger partial charge in [0.1, 0.15) is 16.7 Å². The van der Waals surface area contributed by atoms with Crippen LogP contribution in [0.15, 0.2) is 41.3 Å². The molecule has 1 fully saturated rings. The molecule has 1 aliphatic rings. The van der Waals surface area contributed by atoms with Crippen molar-refractivity contribution in [3.63, 3.8) is 0 Å². The van der Waals surface area contributed by atoms with Crippen molar-refractivity contribution in [1.29, 1.82) is 0 Å². The van der Waals surface area contributed by atoms with Crippen molar-refractivity contribution in [3.8, 4) is 11.5 Å². The van der Waals surface area contributed by atoms with Gasteiger partial charge in [-0.05, 0) is 55.3 Å². The first kappa shape index (κ1) is 21.6. The smallest absolute Gasteiger partial charge is 0.266 e. The topological polar surface area (TPSA) is 38.8 Å². The Labute approximate surface area is 183 Å². The van der Waals surface area contributed by atoms with Crippen LogP contribution in [0.25, 0.3) is 6.08 Å². The van der Waals surface area contributed by atoms with Crippen LogP contribution in [-0.4, -0.2) is 28.3 Å². The molecule has 152 valence electrons. The van der Waals surface area contributed by atoms with Gasteiger partial charge in [-0.1, -0.05) is 47.7 Å². The third-order valence-corrected chi connectivity index (χ3v) is 5.75. The summed E-state index contributed by atoms with van der Waals surface area (Å²) in [7, 11) is 0. The molecule has 1 amide bonds. The highest BCUT2D eigenvalue weighted by molar-refractivity contribution is 8.26. The zero-order chi connectivity index (χ0) is 21.0. The largest absolute Gasteiger partial charge is 0.490 e. The highest BCUT2D eigenvalue weighted by atomic mass is 35.5. The first-order chi connectivity index (χ1) is 13.9. The minimum atomic E-state index is -0.332. The maximum absolute atomic E-state index is 13.4. The molecule has 0 aromatic heterocycles. The molecule has 0 bridgehead atoms. The fraction of sp³-hybridized carbons (Fsp3) is 0.238. The lowest BCUT2D eigenvalue weighted by atomic mass is 10.1. The van der Waals surface area contributed by atoms with Gasteiger partial charge >= 0.3 is 0 Å². The molecule has 0 atom stereocenters. The highest BCUT2D eigenvalue weighted by Crippen LogP contribution is 2.39. The van der Waals surface area contributed by atoms with Crippen LogP contribution >= 0.6 is 35.6 Å². The lowest BCUT2D eigenvalue weighted by molar-refractivity contribution is -0.121. The number of nitrogens with zero attached hydrogens (tertiary/aromatic N) is 1. The van der Waals surface area contributed by atoms with Crippen molar-refractivity contribution < 1.29 is 18.7 Å². The second kappa shape index (κ2) is 9.61. The van der Waals surface area contributed by atoms with Gasteiger partial charge in [0.05, 0.1) is 16.5 Å². The van der Waals surface area contributed by atoms with Gasteiger partial charge in [0.15, 0.2) is 11.5 Å². The molecule has 0 unspecified atom stereocenters. The average molecular weight is 452 g/mol. The van der Waals surface area contributed by atoms with E-state index in [1.807, 2.05) is 13.8 Å². The Morgan fingerprint density at radius 3 is 2.69 bits per heavy atom. The van der Waals surface area contributed by atoms with Gasteiger partial charge in [-0.15, -0.1) is 0 Å². The van der Waals surface area contributed by atoms with Crippen LogP contribution < -0.4 is 9.47 Å². The third kappa shape index (κ3) is 5.10. The van der Waals surface area contributed by atoms with Gasteiger partial charge in [0.2, 0.25) is 0 Å². The van der Waals surface area contributed by atoms with Crippen molar-refractivity contribution in [2.24, 2.45) is 0 Å². The number of thiocarbonyl (C=S) groups is 1. The van der Waals surface area contributed by atoms with Crippen LogP contribution in [0.2, 0.25) is 5.02 Å². The van der Waals surface area contributed by atoms with Crippen molar-refractivity contribution in [3.05, 3.63) is 63.3 Å². The lowest BCUT2D eigenvalue weighted by Crippen LogP contribution is -2.27. The van der Waals surface area contributed by atoms with Crippen molar-refractivity contribution in [2.75, 3.05) is 13.2 Å². The van der Waals surface area contributed by atoms with Gasteiger partial charge in [0, 0.05) is 6.54 Å². The number of likely N-dealkylation sites (N-methyl/N-ethyl adjacent to an activating group) is 1. The van der Waals surface area contributed by atoms with E-state index in [2.05, 4.69) is 0 Å². The summed E-state index contributed by atoms with van der Waals surface area (Å²) in [6.07, 6.45) is 1.74. The van der Waals surface area contributed by atoms with E-state index in [9.17, 15) is 9.18 Å². The van der Waals surface area contributed by atoms with Crippen LogP contribution in [0.4, 0.5) is 4.39 Å². The molecule has 0 radical (unpaired) electrons. The van der Waals surface area contributed by atoms with Gasteiger partial charge < -0.3 is 9.47 Å². The quantitative estimate of drug-likeness (QED) is 0.400. The fourth-order valence-electron chi connectivity index (χ4n) is 2.78. The number of carbonyl (C=O) groups is 1. The number of carbonyl (C=O) groups excluding carboxylic acids is 1. The van der Waals surface area contributed by atoms with Crippen LogP contribution in [0.3, 0.4) is 0 Å². The Morgan fingerprint density at radius 2 is 2.03 bits per heavy atom. The summed E-state index contributed by atoms with van der Waals surface area (Å²) in [6, 6.07) is 9.62. The van der Waals surface area contributed by atoms with E-state index in [4.69, 9.17) is 33.3 Å². The van der Waals surface area contributed by atoms with E-state index < -0.39 is 0 Å². The first-order valence-corrected chi connectivity index (χ1v) is 10.6. The van der Waals surface area contributed by atoms with E-state index in [1.54, 1.807) is 35.2 Å². The van der Waals surface area contributed by atoms with Gasteiger partial charge in [-0.3, -0.25) is 9.69 Å². The molecule has 0 spiro atoms. The summed E-state index contributed by atoms with van der Waals surface area (Å²) < 4.78 is 25.4. The SMILES string of the molecule is CCOc1cc(C=C2SC(=S)N(CC)C2=O)cc(Cl)c1OCc1cccc(F)c1. The molecule has 8 heteroatoms. The predicted molar refractivity (Wildman–Crippen MR) is 119 cm³/mol. The summed E-state index contributed by atoms with van der Waals surface area (Å²) in [5.74, 6) is 0.370. The number of halogens is 2. The molecule has 1 aliphatic heterocycles. The monoisotopic (exact) mass is 451 g/mol. The maximum Gasteiger partial charge on any atom is 0.266 e. The Balaban J connectivity index is 1.87. The number of thioether (sulfide) groups is 1. The number of hydrogen-bond donors (Lipinski definition) is 0. The number of ether oxygens (including phenoxy) is 2. The normalized spacial score (nSPS) is 15.3. The molecule has 0 N–H and O–H groups in total. The summed E-state index contributed by atoms with van der Waals surface area (Å²) in [4.78, 5) is 14.5. The molecular formula is C21H19ClFNO3S2. The third-order valence-electron chi connectivity index (χ3n) is 4.09. The minimum Gasteiger partial charge on any atom is -0.490 e. The molecule has 2 aromatic rings. The number of hydrogen-bond acceptors (Lipinski definition) is 5. The van der Waals surface area contributed by atoms with Crippen LogP contribution in [0, 0.1) is 5.82 Å². The molecule has 4 nitrogen and oxygen atoms in total. The van der Waals surface area contributed by atoms with Crippen LogP contribution in [0.1, 0.15) is 25.0 Å². The second-order valence-corrected chi connectivity index (χ2v) is 8.19. The predicted octanol–water partition coefficient (Wildman–Crippen LogP) is 5.68. The summed E-state index contributed by atoms with van der Waals surface area (Å²) >= 11 is 12.9. The van der Waals surface area contributed by atoms with Crippen molar-refractivity contribution in [2.45, 2.75) is 20.5 Å². The summed E-state index contributed by atoms with van der Waals surface area (Å²) in [5, 5.41) is 0.338. The Hall–Kier alpha value is -2.09. The minimum absolute atomic E-state index is 0.122. The Morgan fingerprint density at radius 1 is 1.24 bits per heavy atom. The van der Waals surface area contributed by atoms with E-state index in [-0.39, 0.29) is 18.3 Å². The zero-order valence-electron chi connectivity index (χ0n) is 15.9. The highest BCUT2D eigenvalue weighted by Gasteiger charge is 2.30. The number of benzene rings is 2. The number of rotatable bonds is 7. The molecule has 0 aliphatic carbocycles. The van der Waals surface area contributed by atoms with E-state index >= 15 is 0 Å². The van der Waals surface area contributed by atoms with E-state index in [0.29, 0.717) is 50.0 Å². The molecule has 3 rings (SSSR count). The van der Waals surface area contributed by atoms with Crippen molar-refractivity contribution in [1.82, 2.24) is 4.90 Å². The second-order valence-electron chi connectivity index (χ2n) is 6.11. The number of amides is 1. The van der Waals surface area contributed by atoms with Gasteiger partial charge in [-0.25, -0.2) is 4.39 Å². The Kier molecular flexibility index (Phi) is 7.16. The standard InChI is InChI=1S/C21H19ClFNO3S2/c1-3-24-20(25)18(29-21(24)28)11-14-9-16(22)19(17(10-14)26-4-2)27-12-13-6-5-7-15(23)8-13/h5-11H,3-4,12H2,1-2H3. The van der Waals surface area contributed by atoms with Gasteiger partial charge in [-0.2, -0.15) is 0 Å². The first-order valence-electron chi connectivity index (χ1n) is 9.01. The molecule has 29 heavy (non-hydrogen) atoms. The van der Waals surface area contributed by atoms with Crippen LogP contribution in [-0.2, 0) is 11.4 Å². The molecular weight excluding hydrogens is 433 g/mol. The average Bonchev–Trinajstić information content (AvgIpc) is 2.94. The zero-order valence-corrected chi connectivity index (χ0v) is 18.3. The Bertz CT molecular complexity index is 980. The van der Waals surface area contributed by atoms with Gasteiger partial charge in [0.25, 0.3) is 5.91 Å². The fourth-order valence-corrected chi connectivity index (χ4v) is 4.44. The van der Waals surface area contributed by atoms with E-state index in [0.717, 1.165) is 0 Å². The molecule has 0 saturated carbocycles. The lowest BCUT2D eigenvalue weighted by Gasteiger charge is -2.15. The van der Waals surface area contributed by atoms with Crippen molar-refractivity contribution >= 4 is 51.9 Å². The van der Waals surface area contributed by atoms with Crippen LogP contribution in [0.5, 0.6) is 11.5 Å². The molecule has 1 saturated heterocycles. The molecule has 1 heterocycles. The maximum atomic E-state index is 13.4. The summed E-state index contributed by atoms with van der Waals surface area (Å²) in [5.41, 5.74) is 1.38. The molecule has 2 aromatic carbocycles.